The fourth-order valence-electron chi connectivity index (χ4n) is 0.808. The summed E-state index contributed by atoms with van der Waals surface area (Å²) in [7, 11) is 0. The van der Waals surface area contributed by atoms with Crippen LogP contribution in [0.5, 0.6) is 0 Å². The van der Waals surface area contributed by atoms with Gasteiger partial charge in [0, 0.05) is 6.42 Å². The standard InChI is InChI=1S/C7H11ClN2/c1-2-3-4-7-9-5-6(8)10-7/h5H,2-4H2,1H3,(H,9,10). The highest BCUT2D eigenvalue weighted by molar-refractivity contribution is 6.29. The molecule has 0 radical (unpaired) electrons. The summed E-state index contributed by atoms with van der Waals surface area (Å²) in [6, 6.07) is 0. The zero-order chi connectivity index (χ0) is 7.40. The summed E-state index contributed by atoms with van der Waals surface area (Å²) >= 11 is 5.62. The second-order valence-corrected chi connectivity index (χ2v) is 2.69. The summed E-state index contributed by atoms with van der Waals surface area (Å²) in [6.07, 6.45) is 5.01. The second-order valence-electron chi connectivity index (χ2n) is 2.28. The van der Waals surface area contributed by atoms with Gasteiger partial charge in [0.25, 0.3) is 0 Å². The molecule has 0 aliphatic rings. The largest absolute Gasteiger partial charge is 0.333 e. The molecule has 1 heterocycles. The van der Waals surface area contributed by atoms with Gasteiger partial charge in [0.1, 0.15) is 11.0 Å². The highest BCUT2D eigenvalue weighted by atomic mass is 35.5. The molecular formula is C7H11ClN2. The number of nitrogens with zero attached hydrogens (tertiary/aromatic N) is 1. The van der Waals surface area contributed by atoms with E-state index in [2.05, 4.69) is 16.9 Å². The molecule has 1 N–H and O–H groups in total. The Bertz CT molecular complexity index is 195. The molecule has 1 rings (SSSR count). The van der Waals surface area contributed by atoms with Gasteiger partial charge in [0.2, 0.25) is 0 Å². The van der Waals surface area contributed by atoms with Crippen LogP contribution in [0.4, 0.5) is 0 Å². The maximum absolute atomic E-state index is 5.62. The summed E-state index contributed by atoms with van der Waals surface area (Å²) in [6.45, 7) is 2.16. The van der Waals surface area contributed by atoms with Crippen LogP contribution in [0, 0.1) is 0 Å². The van der Waals surface area contributed by atoms with Crippen LogP contribution in [0.3, 0.4) is 0 Å². The first-order valence-electron chi connectivity index (χ1n) is 3.52. The molecule has 0 aliphatic carbocycles. The third-order valence-corrected chi connectivity index (χ3v) is 1.56. The first-order valence-corrected chi connectivity index (χ1v) is 3.90. The number of aryl methyl sites for hydroxylation is 1. The van der Waals surface area contributed by atoms with Gasteiger partial charge in [-0.15, -0.1) is 0 Å². The van der Waals surface area contributed by atoms with E-state index in [0.717, 1.165) is 12.2 Å². The van der Waals surface area contributed by atoms with Crippen molar-refractivity contribution in [3.8, 4) is 0 Å². The first kappa shape index (κ1) is 7.61. The molecule has 0 saturated carbocycles. The molecule has 56 valence electrons. The molecule has 0 aliphatic heterocycles. The maximum atomic E-state index is 5.62. The average Bonchev–Trinajstić information content (AvgIpc) is 2.31. The van der Waals surface area contributed by atoms with Crippen molar-refractivity contribution in [1.82, 2.24) is 9.97 Å². The smallest absolute Gasteiger partial charge is 0.126 e. The van der Waals surface area contributed by atoms with Crippen molar-refractivity contribution in [2.24, 2.45) is 0 Å². The number of unbranched alkanes of at least 4 members (excludes halogenated alkanes) is 1. The normalized spacial score (nSPS) is 10.2. The van der Waals surface area contributed by atoms with Gasteiger partial charge < -0.3 is 4.98 Å². The third-order valence-electron chi connectivity index (χ3n) is 1.36. The second kappa shape index (κ2) is 3.62. The third kappa shape index (κ3) is 2.03. The zero-order valence-electron chi connectivity index (χ0n) is 6.02. The zero-order valence-corrected chi connectivity index (χ0v) is 6.78. The molecule has 0 fully saturated rings. The Labute approximate surface area is 65.6 Å². The number of aromatic amines is 1. The molecule has 10 heavy (non-hydrogen) atoms. The number of hydrogen-bond acceptors (Lipinski definition) is 1. The molecule has 2 nitrogen and oxygen atoms in total. The maximum Gasteiger partial charge on any atom is 0.126 e. The number of nitrogens with one attached hydrogen (secondary N) is 1. The molecule has 0 spiro atoms. The van der Waals surface area contributed by atoms with Crippen LogP contribution in [0.1, 0.15) is 25.6 Å². The van der Waals surface area contributed by atoms with E-state index in [1.54, 1.807) is 6.20 Å². The van der Waals surface area contributed by atoms with E-state index in [1.807, 2.05) is 0 Å². The average molecular weight is 159 g/mol. The van der Waals surface area contributed by atoms with Crippen LogP contribution in [0.25, 0.3) is 0 Å². The van der Waals surface area contributed by atoms with Gasteiger partial charge in [0.05, 0.1) is 6.20 Å². The van der Waals surface area contributed by atoms with Crippen LogP contribution >= 0.6 is 11.6 Å². The highest BCUT2D eigenvalue weighted by Crippen LogP contribution is 2.05. The number of rotatable bonds is 3. The van der Waals surface area contributed by atoms with Gasteiger partial charge in [-0.2, -0.15) is 0 Å². The monoisotopic (exact) mass is 158 g/mol. The van der Waals surface area contributed by atoms with Crippen molar-refractivity contribution >= 4 is 11.6 Å². The Hall–Kier alpha value is -0.500. The van der Waals surface area contributed by atoms with Crippen LogP contribution in [-0.2, 0) is 6.42 Å². The number of aromatic nitrogens is 2. The number of imidazole rings is 1. The Kier molecular flexibility index (Phi) is 2.75. The van der Waals surface area contributed by atoms with Crippen LogP contribution < -0.4 is 0 Å². The molecule has 1 aromatic rings. The van der Waals surface area contributed by atoms with Crippen molar-refractivity contribution in [2.75, 3.05) is 0 Å². The van der Waals surface area contributed by atoms with Crippen LogP contribution in [0.15, 0.2) is 6.20 Å². The van der Waals surface area contributed by atoms with Crippen LogP contribution in [-0.4, -0.2) is 9.97 Å². The minimum Gasteiger partial charge on any atom is -0.333 e. The van der Waals surface area contributed by atoms with E-state index in [0.29, 0.717) is 5.15 Å². The number of hydrogen-bond donors (Lipinski definition) is 1. The molecule has 3 heteroatoms. The van der Waals surface area contributed by atoms with Crippen molar-refractivity contribution in [1.29, 1.82) is 0 Å². The lowest BCUT2D eigenvalue weighted by atomic mass is 10.2. The number of halogens is 1. The summed E-state index contributed by atoms with van der Waals surface area (Å²) in [5, 5.41) is 0.631. The Balaban J connectivity index is 2.42. The van der Waals surface area contributed by atoms with Crippen molar-refractivity contribution < 1.29 is 0 Å². The van der Waals surface area contributed by atoms with Crippen LogP contribution in [0.2, 0.25) is 5.15 Å². The van der Waals surface area contributed by atoms with Crippen molar-refractivity contribution in [3.05, 3.63) is 17.2 Å². The van der Waals surface area contributed by atoms with Gasteiger partial charge >= 0.3 is 0 Å². The lowest BCUT2D eigenvalue weighted by Gasteiger charge is -1.90. The summed E-state index contributed by atoms with van der Waals surface area (Å²) in [5.74, 6) is 0.992. The first-order chi connectivity index (χ1) is 4.83. The van der Waals surface area contributed by atoms with Crippen molar-refractivity contribution in [3.63, 3.8) is 0 Å². The minimum absolute atomic E-state index is 0.631. The van der Waals surface area contributed by atoms with Gasteiger partial charge in [0.15, 0.2) is 0 Å². The SMILES string of the molecule is CCCCc1ncc(Cl)[nH]1. The molecule has 0 amide bonds. The lowest BCUT2D eigenvalue weighted by molar-refractivity contribution is 0.762. The van der Waals surface area contributed by atoms with E-state index in [-0.39, 0.29) is 0 Å². The lowest BCUT2D eigenvalue weighted by Crippen LogP contribution is -1.85. The van der Waals surface area contributed by atoms with Gasteiger partial charge in [-0.25, -0.2) is 4.98 Å². The topological polar surface area (TPSA) is 28.7 Å². The molecular weight excluding hydrogens is 148 g/mol. The highest BCUT2D eigenvalue weighted by Gasteiger charge is 1.95. The minimum atomic E-state index is 0.631. The molecule has 1 aromatic heterocycles. The Morgan fingerprint density at radius 1 is 1.70 bits per heavy atom. The Morgan fingerprint density at radius 3 is 3.00 bits per heavy atom. The predicted molar refractivity (Wildman–Crippen MR) is 42.2 cm³/mol. The fourth-order valence-corrected chi connectivity index (χ4v) is 0.966. The molecule has 0 saturated heterocycles. The van der Waals surface area contributed by atoms with E-state index in [9.17, 15) is 0 Å². The molecule has 0 atom stereocenters. The van der Waals surface area contributed by atoms with Gasteiger partial charge in [-0.05, 0) is 6.42 Å². The molecule has 0 unspecified atom stereocenters. The van der Waals surface area contributed by atoms with E-state index in [4.69, 9.17) is 11.6 Å². The molecule has 0 aromatic carbocycles. The fraction of sp³-hybridized carbons (Fsp3) is 0.571. The molecule has 0 bridgehead atoms. The van der Waals surface area contributed by atoms with Crippen molar-refractivity contribution in [2.45, 2.75) is 26.2 Å². The summed E-state index contributed by atoms with van der Waals surface area (Å²) in [5.41, 5.74) is 0. The van der Waals surface area contributed by atoms with Gasteiger partial charge in [-0.3, -0.25) is 0 Å². The quantitative estimate of drug-likeness (QED) is 0.719. The van der Waals surface area contributed by atoms with E-state index < -0.39 is 0 Å². The van der Waals surface area contributed by atoms with E-state index >= 15 is 0 Å². The summed E-state index contributed by atoms with van der Waals surface area (Å²) in [4.78, 5) is 7.03. The summed E-state index contributed by atoms with van der Waals surface area (Å²) < 4.78 is 0. The Morgan fingerprint density at radius 2 is 2.50 bits per heavy atom. The predicted octanol–water partition coefficient (Wildman–Crippen LogP) is 2.41. The van der Waals surface area contributed by atoms with Gasteiger partial charge in [-0.1, -0.05) is 24.9 Å². The van der Waals surface area contributed by atoms with E-state index in [1.165, 1.54) is 12.8 Å². The number of H-pyrrole nitrogens is 1.